The molecular weight excluding hydrogens is 265 g/mol. The molecule has 0 spiro atoms. The van der Waals surface area contributed by atoms with E-state index in [9.17, 15) is 14.9 Å². The fraction of sp³-hybridized carbons (Fsp3) is 0. The van der Waals surface area contributed by atoms with E-state index in [1.54, 1.807) is 0 Å². The zero-order chi connectivity index (χ0) is 12.8. The average molecular weight is 272 g/mol. The van der Waals surface area contributed by atoms with Gasteiger partial charge in [0.25, 0.3) is 5.69 Å². The van der Waals surface area contributed by atoms with Gasteiger partial charge in [-0.1, -0.05) is 29.3 Å². The van der Waals surface area contributed by atoms with E-state index >= 15 is 0 Å². The number of carbonyl (C=O) groups excluding carboxylic acids is 1. The monoisotopic (exact) mass is 271 g/mol. The second-order valence-corrected chi connectivity index (χ2v) is 3.99. The van der Waals surface area contributed by atoms with E-state index in [2.05, 4.69) is 0 Å². The maximum absolute atomic E-state index is 11.5. The Morgan fingerprint density at radius 1 is 1.24 bits per heavy atom. The molecule has 1 aromatic carbocycles. The molecule has 0 aliphatic carbocycles. The Balaban J connectivity index is 2.80. The van der Waals surface area contributed by atoms with Crippen LogP contribution < -0.4 is 0 Å². The number of halogens is 2. The van der Waals surface area contributed by atoms with E-state index in [1.165, 1.54) is 42.5 Å². The molecule has 1 aromatic rings. The van der Waals surface area contributed by atoms with Crippen LogP contribution in [-0.4, -0.2) is 10.7 Å². The highest BCUT2D eigenvalue weighted by Gasteiger charge is 2.06. The normalized spacial score (nSPS) is 10.2. The number of nitrogens with zero attached hydrogens (tertiary/aromatic N) is 1. The lowest BCUT2D eigenvalue weighted by Gasteiger charge is -1.94. The van der Waals surface area contributed by atoms with Crippen LogP contribution in [0.3, 0.4) is 0 Å². The Labute approximate surface area is 107 Å². The number of benzene rings is 1. The second-order valence-electron chi connectivity index (χ2n) is 2.98. The van der Waals surface area contributed by atoms with Crippen LogP contribution in [0.15, 0.2) is 47.0 Å². The van der Waals surface area contributed by atoms with Crippen molar-refractivity contribution in [2.24, 2.45) is 0 Å². The first-order valence-corrected chi connectivity index (χ1v) is 5.24. The molecule has 0 N–H and O–H groups in total. The van der Waals surface area contributed by atoms with Crippen molar-refractivity contribution in [3.05, 3.63) is 62.7 Å². The van der Waals surface area contributed by atoms with Gasteiger partial charge in [-0.05, 0) is 24.3 Å². The maximum Gasteiger partial charge on any atom is 0.269 e. The summed E-state index contributed by atoms with van der Waals surface area (Å²) in [6.07, 6.45) is 4.03. The minimum atomic E-state index is -0.528. The van der Waals surface area contributed by atoms with Gasteiger partial charge >= 0.3 is 0 Å². The lowest BCUT2D eigenvalue weighted by molar-refractivity contribution is -0.384. The third-order valence-electron chi connectivity index (χ3n) is 1.83. The smallest absolute Gasteiger partial charge is 0.269 e. The highest BCUT2D eigenvalue weighted by Crippen LogP contribution is 2.13. The van der Waals surface area contributed by atoms with Gasteiger partial charge in [0.15, 0.2) is 5.78 Å². The van der Waals surface area contributed by atoms with Gasteiger partial charge in [-0.15, -0.1) is 0 Å². The first-order chi connectivity index (χ1) is 8.00. The van der Waals surface area contributed by atoms with Crippen LogP contribution in [0, 0.1) is 10.1 Å². The van der Waals surface area contributed by atoms with Gasteiger partial charge in [0.1, 0.15) is 4.49 Å². The molecule has 1 rings (SSSR count). The van der Waals surface area contributed by atoms with Crippen molar-refractivity contribution in [3.63, 3.8) is 0 Å². The van der Waals surface area contributed by atoms with Crippen LogP contribution in [0.4, 0.5) is 5.69 Å². The Morgan fingerprint density at radius 3 is 2.29 bits per heavy atom. The van der Waals surface area contributed by atoms with Gasteiger partial charge in [-0.2, -0.15) is 0 Å². The van der Waals surface area contributed by atoms with Crippen molar-refractivity contribution in [2.75, 3.05) is 0 Å². The van der Waals surface area contributed by atoms with Gasteiger partial charge in [-0.25, -0.2) is 0 Å². The molecule has 88 valence electrons. The number of carbonyl (C=O) groups is 1. The summed E-state index contributed by atoms with van der Waals surface area (Å²) in [6, 6.07) is 5.31. The number of allylic oxidation sites excluding steroid dienone is 3. The lowest BCUT2D eigenvalue weighted by atomic mass is 10.1. The summed E-state index contributed by atoms with van der Waals surface area (Å²) < 4.78 is 0.0396. The van der Waals surface area contributed by atoms with Crippen LogP contribution in [0.1, 0.15) is 10.4 Å². The first kappa shape index (κ1) is 13.4. The summed E-state index contributed by atoms with van der Waals surface area (Å²) in [5.41, 5.74) is 0.292. The average Bonchev–Trinajstić information content (AvgIpc) is 2.28. The van der Waals surface area contributed by atoms with Gasteiger partial charge in [0.2, 0.25) is 0 Å². The molecular formula is C11H7Cl2NO3. The lowest BCUT2D eigenvalue weighted by Crippen LogP contribution is -1.94. The van der Waals surface area contributed by atoms with Crippen molar-refractivity contribution in [1.82, 2.24) is 0 Å². The van der Waals surface area contributed by atoms with Crippen LogP contribution in [0.25, 0.3) is 0 Å². The number of nitro groups is 1. The molecule has 0 radical (unpaired) electrons. The van der Waals surface area contributed by atoms with E-state index < -0.39 is 4.92 Å². The van der Waals surface area contributed by atoms with E-state index in [0.29, 0.717) is 5.56 Å². The van der Waals surface area contributed by atoms with Crippen LogP contribution in [-0.2, 0) is 0 Å². The number of nitro benzene ring substituents is 1. The molecule has 6 heteroatoms. The Hall–Kier alpha value is -1.65. The number of non-ortho nitro benzene ring substituents is 1. The standard InChI is InChI=1S/C11H7Cl2NO3/c12-11(13)3-1-2-10(15)8-4-6-9(7-5-8)14(16)17/h1-7H. The third kappa shape index (κ3) is 4.38. The molecule has 0 aromatic heterocycles. The van der Waals surface area contributed by atoms with Crippen molar-refractivity contribution in [1.29, 1.82) is 0 Å². The predicted molar refractivity (Wildman–Crippen MR) is 66.4 cm³/mol. The fourth-order valence-electron chi connectivity index (χ4n) is 1.05. The summed E-state index contributed by atoms with van der Waals surface area (Å²) in [7, 11) is 0. The minimum Gasteiger partial charge on any atom is -0.289 e. The van der Waals surface area contributed by atoms with E-state index in [4.69, 9.17) is 23.2 Å². The highest BCUT2D eigenvalue weighted by atomic mass is 35.5. The zero-order valence-electron chi connectivity index (χ0n) is 8.47. The van der Waals surface area contributed by atoms with Gasteiger partial charge < -0.3 is 0 Å². The van der Waals surface area contributed by atoms with Crippen molar-refractivity contribution in [3.8, 4) is 0 Å². The van der Waals surface area contributed by atoms with Crippen LogP contribution >= 0.6 is 23.2 Å². The quantitative estimate of drug-likeness (QED) is 0.276. The zero-order valence-corrected chi connectivity index (χ0v) is 9.98. The largest absolute Gasteiger partial charge is 0.289 e. The Bertz CT molecular complexity index is 488. The number of ketones is 1. The molecule has 0 heterocycles. The number of rotatable bonds is 4. The second kappa shape index (κ2) is 6.18. The summed E-state index contributed by atoms with van der Waals surface area (Å²) >= 11 is 10.7. The summed E-state index contributed by atoms with van der Waals surface area (Å²) in [4.78, 5) is 21.4. The molecule has 0 aliphatic heterocycles. The minimum absolute atomic E-state index is 0.0396. The molecule has 0 saturated carbocycles. The van der Waals surface area contributed by atoms with E-state index in [1.807, 2.05) is 0 Å². The first-order valence-electron chi connectivity index (χ1n) is 4.49. The van der Waals surface area contributed by atoms with E-state index in [0.717, 1.165) is 0 Å². The molecule has 0 aliphatic rings. The number of hydrogen-bond acceptors (Lipinski definition) is 3. The van der Waals surface area contributed by atoms with Gasteiger partial charge in [0.05, 0.1) is 4.92 Å². The van der Waals surface area contributed by atoms with Crippen molar-refractivity contribution in [2.45, 2.75) is 0 Å². The highest BCUT2D eigenvalue weighted by molar-refractivity contribution is 6.56. The SMILES string of the molecule is O=C(C=CC=C(Cl)Cl)c1ccc([N+](=O)[O-])cc1. The van der Waals surface area contributed by atoms with Crippen molar-refractivity contribution >= 4 is 34.7 Å². The molecule has 0 amide bonds. The molecule has 17 heavy (non-hydrogen) atoms. The fourth-order valence-corrected chi connectivity index (χ4v) is 1.20. The molecule has 0 saturated heterocycles. The van der Waals surface area contributed by atoms with Crippen LogP contribution in [0.5, 0.6) is 0 Å². The molecule has 0 atom stereocenters. The predicted octanol–water partition coefficient (Wildman–Crippen LogP) is 3.65. The molecule has 0 unspecified atom stereocenters. The van der Waals surface area contributed by atoms with E-state index in [-0.39, 0.29) is 16.0 Å². The Kier molecular flexibility index (Phi) is 4.87. The topological polar surface area (TPSA) is 60.2 Å². The molecule has 0 bridgehead atoms. The maximum atomic E-state index is 11.5. The van der Waals surface area contributed by atoms with Crippen LogP contribution in [0.2, 0.25) is 0 Å². The van der Waals surface area contributed by atoms with Gasteiger partial charge in [0, 0.05) is 17.7 Å². The molecule has 0 fully saturated rings. The summed E-state index contributed by atoms with van der Waals surface area (Å²) in [5, 5.41) is 10.4. The summed E-state index contributed by atoms with van der Waals surface area (Å²) in [6.45, 7) is 0. The Morgan fingerprint density at radius 2 is 1.82 bits per heavy atom. The van der Waals surface area contributed by atoms with Gasteiger partial charge in [-0.3, -0.25) is 14.9 Å². The summed E-state index contributed by atoms with van der Waals surface area (Å²) in [5.74, 6) is -0.286. The molecule has 4 nitrogen and oxygen atoms in total. The third-order valence-corrected chi connectivity index (χ3v) is 2.08. The van der Waals surface area contributed by atoms with Crippen molar-refractivity contribution < 1.29 is 9.72 Å². The number of hydrogen-bond donors (Lipinski definition) is 0.